The average molecular weight is 261 g/mol. The third-order valence-corrected chi connectivity index (χ3v) is 5.59. The predicted molar refractivity (Wildman–Crippen MR) is 76.7 cm³/mol. The quantitative estimate of drug-likeness (QED) is 0.802. The summed E-state index contributed by atoms with van der Waals surface area (Å²) < 4.78 is 13.1. The second kappa shape index (κ2) is 5.24. The summed E-state index contributed by atoms with van der Waals surface area (Å²) in [4.78, 5) is 0. The van der Waals surface area contributed by atoms with E-state index in [1.807, 2.05) is 12.1 Å². The number of nitrogens with one attached hydrogen (secondary N) is 1. The van der Waals surface area contributed by atoms with Crippen molar-refractivity contribution in [3.63, 3.8) is 0 Å². The normalized spacial score (nSPS) is 35.5. The molecule has 0 amide bonds. The third-order valence-electron chi connectivity index (χ3n) is 5.59. The number of hydrogen-bond donors (Lipinski definition) is 1. The predicted octanol–water partition coefficient (Wildman–Crippen LogP) is 4.10. The van der Waals surface area contributed by atoms with E-state index in [2.05, 4.69) is 12.2 Å². The number of rotatable bonds is 1. The number of benzene rings is 1. The Morgan fingerprint density at radius 1 is 1.16 bits per heavy atom. The van der Waals surface area contributed by atoms with E-state index in [4.69, 9.17) is 0 Å². The van der Waals surface area contributed by atoms with Crippen molar-refractivity contribution < 1.29 is 4.39 Å². The van der Waals surface area contributed by atoms with Crippen molar-refractivity contribution in [2.75, 3.05) is 13.1 Å². The second-order valence-corrected chi connectivity index (χ2v) is 6.44. The van der Waals surface area contributed by atoms with Gasteiger partial charge < -0.3 is 5.32 Å². The summed E-state index contributed by atoms with van der Waals surface area (Å²) in [7, 11) is 0. The van der Waals surface area contributed by atoms with Crippen molar-refractivity contribution in [1.29, 1.82) is 0 Å². The molecular formula is C17H24FN. The SMILES string of the molecule is CC1CCCCC12CCNCC2c1ccc(F)cc1. The lowest BCUT2D eigenvalue weighted by Crippen LogP contribution is -2.48. The van der Waals surface area contributed by atoms with E-state index in [1.165, 1.54) is 37.7 Å². The molecule has 1 spiro atoms. The van der Waals surface area contributed by atoms with Gasteiger partial charge in [-0.05, 0) is 48.4 Å². The van der Waals surface area contributed by atoms with E-state index >= 15 is 0 Å². The molecular weight excluding hydrogens is 237 g/mol. The van der Waals surface area contributed by atoms with E-state index in [-0.39, 0.29) is 5.82 Å². The highest BCUT2D eigenvalue weighted by atomic mass is 19.1. The van der Waals surface area contributed by atoms with Crippen molar-refractivity contribution in [2.24, 2.45) is 11.3 Å². The summed E-state index contributed by atoms with van der Waals surface area (Å²) in [5.74, 6) is 1.22. The van der Waals surface area contributed by atoms with Crippen molar-refractivity contribution in [1.82, 2.24) is 5.32 Å². The van der Waals surface area contributed by atoms with Crippen LogP contribution < -0.4 is 5.32 Å². The fourth-order valence-electron chi connectivity index (χ4n) is 4.42. The molecule has 1 aliphatic heterocycles. The molecule has 2 fully saturated rings. The van der Waals surface area contributed by atoms with Gasteiger partial charge in [-0.15, -0.1) is 0 Å². The smallest absolute Gasteiger partial charge is 0.123 e. The zero-order chi connectivity index (χ0) is 13.3. The maximum absolute atomic E-state index is 13.1. The van der Waals surface area contributed by atoms with Crippen LogP contribution in [0.25, 0.3) is 0 Å². The summed E-state index contributed by atoms with van der Waals surface area (Å²) >= 11 is 0. The first-order valence-electron chi connectivity index (χ1n) is 7.68. The van der Waals surface area contributed by atoms with Gasteiger partial charge in [0.15, 0.2) is 0 Å². The van der Waals surface area contributed by atoms with Gasteiger partial charge in [-0.2, -0.15) is 0 Å². The molecule has 3 atom stereocenters. The Morgan fingerprint density at radius 2 is 1.95 bits per heavy atom. The Hall–Kier alpha value is -0.890. The molecule has 104 valence electrons. The van der Waals surface area contributed by atoms with Crippen LogP contribution in [0.3, 0.4) is 0 Å². The Bertz CT molecular complexity index is 421. The van der Waals surface area contributed by atoms with Crippen LogP contribution in [-0.2, 0) is 0 Å². The first-order chi connectivity index (χ1) is 9.22. The number of piperidine rings is 1. The van der Waals surface area contributed by atoms with Gasteiger partial charge >= 0.3 is 0 Å². The maximum Gasteiger partial charge on any atom is 0.123 e. The van der Waals surface area contributed by atoms with Gasteiger partial charge in [-0.3, -0.25) is 0 Å². The molecule has 0 bridgehead atoms. The molecule has 1 N–H and O–H groups in total. The van der Waals surface area contributed by atoms with E-state index in [0.717, 1.165) is 19.0 Å². The first kappa shape index (κ1) is 13.1. The Labute approximate surface area is 115 Å². The zero-order valence-electron chi connectivity index (χ0n) is 11.8. The van der Waals surface area contributed by atoms with Crippen LogP contribution in [0.2, 0.25) is 0 Å². The molecule has 2 aliphatic rings. The minimum absolute atomic E-state index is 0.127. The van der Waals surface area contributed by atoms with Crippen LogP contribution >= 0.6 is 0 Å². The Kier molecular flexibility index (Phi) is 3.62. The fraction of sp³-hybridized carbons (Fsp3) is 0.647. The molecule has 1 saturated heterocycles. The van der Waals surface area contributed by atoms with Gasteiger partial charge in [0.05, 0.1) is 0 Å². The van der Waals surface area contributed by atoms with Gasteiger partial charge in [-0.25, -0.2) is 4.39 Å². The lowest BCUT2D eigenvalue weighted by molar-refractivity contribution is 0.0419. The van der Waals surface area contributed by atoms with Crippen molar-refractivity contribution >= 4 is 0 Å². The van der Waals surface area contributed by atoms with Crippen LogP contribution in [0.15, 0.2) is 24.3 Å². The molecule has 1 nitrogen and oxygen atoms in total. The topological polar surface area (TPSA) is 12.0 Å². The van der Waals surface area contributed by atoms with E-state index in [0.29, 0.717) is 11.3 Å². The lowest BCUT2D eigenvalue weighted by atomic mass is 9.56. The zero-order valence-corrected chi connectivity index (χ0v) is 11.8. The minimum atomic E-state index is -0.127. The molecule has 0 radical (unpaired) electrons. The summed E-state index contributed by atoms with van der Waals surface area (Å²) in [5, 5.41) is 3.55. The molecule has 19 heavy (non-hydrogen) atoms. The van der Waals surface area contributed by atoms with E-state index < -0.39 is 0 Å². The van der Waals surface area contributed by atoms with Crippen LogP contribution in [0.1, 0.15) is 50.5 Å². The van der Waals surface area contributed by atoms with E-state index in [1.54, 1.807) is 12.1 Å². The van der Waals surface area contributed by atoms with Crippen LogP contribution in [0.4, 0.5) is 4.39 Å². The highest BCUT2D eigenvalue weighted by Crippen LogP contribution is 2.53. The minimum Gasteiger partial charge on any atom is -0.316 e. The molecule has 1 saturated carbocycles. The molecule has 1 heterocycles. The van der Waals surface area contributed by atoms with Crippen molar-refractivity contribution in [3.05, 3.63) is 35.6 Å². The van der Waals surface area contributed by atoms with Gasteiger partial charge in [0, 0.05) is 12.5 Å². The summed E-state index contributed by atoms with van der Waals surface area (Å²) in [6.45, 7) is 4.62. The summed E-state index contributed by atoms with van der Waals surface area (Å²) in [5.41, 5.74) is 1.77. The molecule has 1 aromatic carbocycles. The van der Waals surface area contributed by atoms with Crippen molar-refractivity contribution in [3.8, 4) is 0 Å². The van der Waals surface area contributed by atoms with Crippen LogP contribution in [-0.4, -0.2) is 13.1 Å². The Morgan fingerprint density at radius 3 is 2.68 bits per heavy atom. The molecule has 3 rings (SSSR count). The molecule has 0 aromatic heterocycles. The first-order valence-corrected chi connectivity index (χ1v) is 7.68. The van der Waals surface area contributed by atoms with Gasteiger partial charge in [0.2, 0.25) is 0 Å². The van der Waals surface area contributed by atoms with Gasteiger partial charge in [0.25, 0.3) is 0 Å². The fourth-order valence-corrected chi connectivity index (χ4v) is 4.42. The highest BCUT2D eigenvalue weighted by molar-refractivity contribution is 5.25. The standard InChI is InChI=1S/C17H24FN/c1-13-4-2-3-9-17(13)10-11-19-12-16(17)14-5-7-15(18)8-6-14/h5-8,13,16,19H,2-4,9-12H2,1H3. The maximum atomic E-state index is 13.1. The average Bonchev–Trinajstić information content (AvgIpc) is 2.44. The second-order valence-electron chi connectivity index (χ2n) is 6.44. The van der Waals surface area contributed by atoms with Crippen LogP contribution in [0, 0.1) is 17.2 Å². The monoisotopic (exact) mass is 261 g/mol. The number of hydrogen-bond acceptors (Lipinski definition) is 1. The molecule has 2 heteroatoms. The number of halogens is 1. The lowest BCUT2D eigenvalue weighted by Gasteiger charge is -2.51. The van der Waals surface area contributed by atoms with Crippen molar-refractivity contribution in [2.45, 2.75) is 44.9 Å². The molecule has 1 aliphatic carbocycles. The van der Waals surface area contributed by atoms with Gasteiger partial charge in [0.1, 0.15) is 5.82 Å². The van der Waals surface area contributed by atoms with Crippen LogP contribution in [0.5, 0.6) is 0 Å². The third kappa shape index (κ3) is 2.31. The molecule has 1 aromatic rings. The summed E-state index contributed by atoms with van der Waals surface area (Å²) in [6.07, 6.45) is 6.72. The van der Waals surface area contributed by atoms with E-state index in [9.17, 15) is 4.39 Å². The molecule has 3 unspecified atom stereocenters. The van der Waals surface area contributed by atoms with Gasteiger partial charge in [-0.1, -0.05) is 38.3 Å². The highest BCUT2D eigenvalue weighted by Gasteiger charge is 2.46. The summed E-state index contributed by atoms with van der Waals surface area (Å²) in [6, 6.07) is 7.22. The Balaban J connectivity index is 1.94. The largest absolute Gasteiger partial charge is 0.316 e.